The van der Waals surface area contributed by atoms with E-state index in [1.807, 2.05) is 23.5 Å². The van der Waals surface area contributed by atoms with Gasteiger partial charge in [-0.25, -0.2) is 0 Å². The zero-order valence-corrected chi connectivity index (χ0v) is 69.5. The van der Waals surface area contributed by atoms with E-state index in [0.29, 0.717) is 277 Å². The van der Waals surface area contributed by atoms with E-state index >= 15 is 0 Å². The molecular weight excluding hydrogens is 1440 g/mol. The van der Waals surface area contributed by atoms with Gasteiger partial charge in [0.1, 0.15) is 8.07 Å². The number of benzene rings is 2. The molecule has 31 heteroatoms. The first-order valence-electron chi connectivity index (χ1n) is 38.9. The van der Waals surface area contributed by atoms with Crippen molar-refractivity contribution < 1.29 is 123 Å². The molecule has 0 N–H and O–H groups in total. The predicted molar refractivity (Wildman–Crippen MR) is 422 cm³/mol. The van der Waals surface area contributed by atoms with Crippen molar-refractivity contribution in [3.8, 4) is 11.1 Å². The second-order valence-corrected chi connectivity index (χ2v) is 34.2. The summed E-state index contributed by atoms with van der Waals surface area (Å²) in [5, 5.41) is 2.95. The number of hydrogen-bond acceptors (Lipinski definition) is 28. The second kappa shape index (κ2) is 60.0. The predicted octanol–water partition coefficient (Wildman–Crippen LogP) is 5.70. The monoisotopic (exact) mass is 1580 g/mol. The van der Waals surface area contributed by atoms with Crippen LogP contribution in [0.5, 0.6) is 0 Å². The Labute approximate surface area is 651 Å². The molecule has 0 aromatic heterocycles. The third-order valence-corrected chi connectivity index (χ3v) is 25.9. The van der Waals surface area contributed by atoms with Crippen LogP contribution in [0.1, 0.15) is 68.2 Å². The van der Waals surface area contributed by atoms with Crippen LogP contribution in [0.25, 0.3) is 11.1 Å². The largest absolute Gasteiger partial charge is 0.494 e. The molecule has 0 saturated carbocycles. The normalized spacial score (nSPS) is 16.1. The SMILES string of the molecule is COCCOCCOCCOCCOCCOCCOCCOCCOCCOCCOCCSCCC[Si]1(CCCSCCOCCOCCOCCOCCOCCOCCOCCOCCOCCOCCOC)c2cc(B3OC(C)(C)C(C)(C)O3)ccc2-c2ccc(B3OC(C)(C)C(C)(C)O3)cc21. The maximum Gasteiger partial charge on any atom is 0.494 e. The first kappa shape index (κ1) is 96.0. The van der Waals surface area contributed by atoms with E-state index in [9.17, 15) is 0 Å². The number of rotatable bonds is 76. The molecule has 0 atom stereocenters. The third kappa shape index (κ3) is 40.5. The Bertz CT molecular complexity index is 2280. The van der Waals surface area contributed by atoms with E-state index in [-0.39, 0.29) is 0 Å². The number of methoxy groups -OCH3 is 2. The Balaban J connectivity index is 0.917. The van der Waals surface area contributed by atoms with Crippen molar-refractivity contribution in [1.29, 1.82) is 0 Å². The van der Waals surface area contributed by atoms with Gasteiger partial charge in [0.05, 0.1) is 300 Å². The average Bonchev–Trinajstić information content (AvgIpc) is 1.56. The molecule has 3 aliphatic heterocycles. The van der Waals surface area contributed by atoms with Gasteiger partial charge < -0.3 is 123 Å². The molecule has 0 unspecified atom stereocenters. The molecule has 0 bridgehead atoms. The summed E-state index contributed by atoms with van der Waals surface area (Å²) in [7, 11) is -0.0716. The zero-order chi connectivity index (χ0) is 76.5. The quantitative estimate of drug-likeness (QED) is 0.0570. The van der Waals surface area contributed by atoms with Crippen molar-refractivity contribution in [3.05, 3.63) is 36.4 Å². The highest BCUT2D eigenvalue weighted by Gasteiger charge is 2.54. The van der Waals surface area contributed by atoms with Gasteiger partial charge in [0.2, 0.25) is 0 Å². The Kier molecular flexibility index (Phi) is 53.9. The Morgan fingerprint density at radius 2 is 0.449 bits per heavy atom. The molecule has 2 aromatic rings. The number of hydrogen-bond donors (Lipinski definition) is 0. The smallest absolute Gasteiger partial charge is 0.399 e. The molecule has 0 amide bonds. The molecule has 2 aromatic carbocycles. The first-order chi connectivity index (χ1) is 52.2. The molecule has 0 radical (unpaired) electrons. The topological polar surface area (TPSA) is 240 Å². The fourth-order valence-corrected chi connectivity index (χ4v) is 18.9. The summed E-state index contributed by atoms with van der Waals surface area (Å²) in [5.74, 6) is 3.89. The van der Waals surface area contributed by atoms with E-state index < -0.39 is 44.7 Å². The van der Waals surface area contributed by atoms with Crippen molar-refractivity contribution in [3.63, 3.8) is 0 Å². The summed E-state index contributed by atoms with van der Waals surface area (Å²) in [5.41, 5.74) is 2.98. The summed E-state index contributed by atoms with van der Waals surface area (Å²) in [6.07, 6.45) is 2.16. The minimum Gasteiger partial charge on any atom is -0.399 e. The van der Waals surface area contributed by atoms with Crippen LogP contribution in [0, 0.1) is 0 Å². The molecule has 3 heterocycles. The molecule has 26 nitrogen and oxygen atoms in total. The van der Waals surface area contributed by atoms with E-state index in [2.05, 4.69) is 91.8 Å². The molecule has 0 aliphatic carbocycles. The van der Waals surface area contributed by atoms with Crippen molar-refractivity contribution in [2.75, 3.05) is 315 Å². The van der Waals surface area contributed by atoms with E-state index in [4.69, 9.17) is 123 Å². The summed E-state index contributed by atoms with van der Waals surface area (Å²) < 4.78 is 149. The van der Waals surface area contributed by atoms with Crippen LogP contribution in [0.15, 0.2) is 36.4 Å². The lowest BCUT2D eigenvalue weighted by atomic mass is 9.77. The highest BCUT2D eigenvalue weighted by Crippen LogP contribution is 2.40. The number of thioether (sulfide) groups is 2. The fourth-order valence-electron chi connectivity index (χ4n) is 11.3. The van der Waals surface area contributed by atoms with E-state index in [1.165, 1.54) is 21.5 Å². The molecule has 2 saturated heterocycles. The lowest BCUT2D eigenvalue weighted by molar-refractivity contribution is -0.0269. The van der Waals surface area contributed by atoms with Crippen LogP contribution in [-0.4, -0.2) is 359 Å². The molecule has 107 heavy (non-hydrogen) atoms. The van der Waals surface area contributed by atoms with Crippen LogP contribution < -0.4 is 21.3 Å². The maximum absolute atomic E-state index is 6.71. The first-order valence-corrected chi connectivity index (χ1v) is 43.6. The van der Waals surface area contributed by atoms with Crippen LogP contribution in [0.4, 0.5) is 0 Å². The molecule has 3 aliphatic rings. The average molecular weight is 1580 g/mol. The van der Waals surface area contributed by atoms with Gasteiger partial charge in [-0.05, 0) is 124 Å². The van der Waals surface area contributed by atoms with E-state index in [0.717, 1.165) is 58.9 Å². The minimum absolute atomic E-state index is 0.458. The van der Waals surface area contributed by atoms with Gasteiger partial charge in [-0.2, -0.15) is 23.5 Å². The summed E-state index contributed by atoms with van der Waals surface area (Å²) >= 11 is 3.92. The van der Waals surface area contributed by atoms with Gasteiger partial charge in [0.25, 0.3) is 0 Å². The number of ether oxygens (including phenoxy) is 22. The van der Waals surface area contributed by atoms with Crippen molar-refractivity contribution in [1.82, 2.24) is 0 Å². The molecule has 5 rings (SSSR count). The summed E-state index contributed by atoms with van der Waals surface area (Å²) in [4.78, 5) is 0. The third-order valence-electron chi connectivity index (χ3n) is 18.5. The van der Waals surface area contributed by atoms with E-state index in [1.54, 1.807) is 14.2 Å². The van der Waals surface area contributed by atoms with Gasteiger partial charge in [0, 0.05) is 25.7 Å². The Morgan fingerprint density at radius 3 is 0.645 bits per heavy atom. The van der Waals surface area contributed by atoms with Crippen molar-refractivity contribution in [2.45, 2.75) is 103 Å². The van der Waals surface area contributed by atoms with Crippen molar-refractivity contribution >= 4 is 67.1 Å². The van der Waals surface area contributed by atoms with Gasteiger partial charge >= 0.3 is 14.2 Å². The van der Waals surface area contributed by atoms with Gasteiger partial charge in [-0.1, -0.05) is 36.4 Å². The van der Waals surface area contributed by atoms with Crippen LogP contribution in [-0.2, 0) is 123 Å². The molecule has 2 fully saturated rings. The molecule has 618 valence electrons. The lowest BCUT2D eigenvalue weighted by Gasteiger charge is -2.32. The van der Waals surface area contributed by atoms with Crippen LogP contribution in [0.2, 0.25) is 12.1 Å². The summed E-state index contributed by atoms with van der Waals surface area (Å²) in [6.45, 7) is 38.9. The second-order valence-electron chi connectivity index (χ2n) is 27.5. The van der Waals surface area contributed by atoms with Gasteiger partial charge in [-0.3, -0.25) is 0 Å². The Morgan fingerprint density at radius 1 is 0.262 bits per heavy atom. The maximum atomic E-state index is 6.71. The highest BCUT2D eigenvalue weighted by molar-refractivity contribution is 7.99. The van der Waals surface area contributed by atoms with Crippen LogP contribution >= 0.6 is 23.5 Å². The van der Waals surface area contributed by atoms with Crippen molar-refractivity contribution in [2.24, 2.45) is 0 Å². The molecule has 0 spiro atoms. The van der Waals surface area contributed by atoms with Gasteiger partial charge in [-0.15, -0.1) is 0 Å². The molecular formula is C76H136B2O26S2Si. The zero-order valence-electron chi connectivity index (χ0n) is 66.9. The van der Waals surface area contributed by atoms with Crippen LogP contribution in [0.3, 0.4) is 0 Å². The Hall–Kier alpha value is -1.55. The minimum atomic E-state index is -2.45. The number of fused-ring (bicyclic) bond motifs is 3. The fraction of sp³-hybridized carbons (Fsp3) is 0.842. The summed E-state index contributed by atoms with van der Waals surface area (Å²) in [6, 6.07) is 16.2. The lowest BCUT2D eigenvalue weighted by Crippen LogP contribution is -2.57. The highest BCUT2D eigenvalue weighted by atomic mass is 32.2. The standard InChI is InChI=1S/C76H136B2O26S2Si/c1-73(2)74(3,4)102-77(101-73)67-13-15-69-70-16-14-68(78-103-75(5,6)76(7,8)104-78)66-72(70)107(71(69)65-67,63-11-59-105-61-57-99-55-53-97-51-49-95-47-45-93-43-41-91-39-37-89-35-33-87-31-29-85-27-25-83-23-21-81-19-17-79-9)64-12-60-106-62-58-100-56-54-98-52-50-96-48-46-94-44-42-92-40-38-90-36-34-88-32-30-86-28-26-84-24-22-82-20-18-80-10/h13-16,65-66H,11-12,17-64H2,1-10H3. The van der Waals surface area contributed by atoms with Gasteiger partial charge in [0.15, 0.2) is 0 Å².